The molecule has 2 aromatic rings. The zero-order valence-electron chi connectivity index (χ0n) is 10.7. The molecule has 1 amide bonds. The normalized spacial score (nSPS) is 10.2. The molecule has 0 fully saturated rings. The highest BCUT2D eigenvalue weighted by Crippen LogP contribution is 2.17. The molecule has 0 aliphatic rings. The van der Waals surface area contributed by atoms with Gasteiger partial charge in [-0.1, -0.05) is 18.2 Å². The Balaban J connectivity index is 1.82. The van der Waals surface area contributed by atoms with Crippen molar-refractivity contribution in [2.45, 2.75) is 19.8 Å². The number of rotatable bonds is 5. The molecule has 1 aromatic heterocycles. The largest absolute Gasteiger partial charge is 0.326 e. The van der Waals surface area contributed by atoms with Crippen molar-refractivity contribution in [2.75, 3.05) is 5.32 Å². The van der Waals surface area contributed by atoms with Crippen LogP contribution in [-0.4, -0.2) is 11.7 Å². The molecule has 0 radical (unpaired) electrons. The molecule has 0 spiro atoms. The lowest BCUT2D eigenvalue weighted by atomic mass is 10.2. The van der Waals surface area contributed by atoms with Crippen LogP contribution in [0.15, 0.2) is 42.5 Å². The third-order valence-electron chi connectivity index (χ3n) is 2.65. The summed E-state index contributed by atoms with van der Waals surface area (Å²) in [7, 11) is 0. The lowest BCUT2D eigenvalue weighted by Crippen LogP contribution is -2.13. The van der Waals surface area contributed by atoms with Crippen LogP contribution in [0.25, 0.3) is 0 Å². The number of hydrogen-bond donors (Lipinski definition) is 1. The number of amides is 1. The predicted molar refractivity (Wildman–Crippen MR) is 77.7 cm³/mol. The molecule has 0 aliphatic heterocycles. The highest BCUT2D eigenvalue weighted by atomic mass is 32.1. The van der Waals surface area contributed by atoms with Crippen LogP contribution in [0.1, 0.15) is 27.4 Å². The van der Waals surface area contributed by atoms with Crippen LogP contribution in [0.4, 0.5) is 5.69 Å². The standard InChI is InChI=1S/C15H15NO2S/c1-11-7-9-14(19-11)13(17)8-10-15(18)16-12-5-3-2-4-6-12/h2-7,9H,8,10H2,1H3,(H,16,18). The zero-order chi connectivity index (χ0) is 13.7. The quantitative estimate of drug-likeness (QED) is 0.845. The van der Waals surface area contributed by atoms with Gasteiger partial charge in [0.1, 0.15) is 0 Å². The third kappa shape index (κ3) is 4.03. The number of Topliss-reactive ketones (excluding diaryl/α,β-unsaturated/α-hetero) is 1. The molecule has 19 heavy (non-hydrogen) atoms. The first-order chi connectivity index (χ1) is 9.15. The monoisotopic (exact) mass is 273 g/mol. The van der Waals surface area contributed by atoms with Crippen LogP contribution in [0.2, 0.25) is 0 Å². The fraction of sp³-hybridized carbons (Fsp3) is 0.200. The highest BCUT2D eigenvalue weighted by Gasteiger charge is 2.11. The van der Waals surface area contributed by atoms with E-state index in [0.29, 0.717) is 0 Å². The average molecular weight is 273 g/mol. The number of carbonyl (C=O) groups excluding carboxylic acids is 2. The Labute approximate surface area is 116 Å². The number of carbonyl (C=O) groups is 2. The Morgan fingerprint density at radius 1 is 1.05 bits per heavy atom. The van der Waals surface area contributed by atoms with Crippen molar-refractivity contribution in [1.29, 1.82) is 0 Å². The number of ketones is 1. The van der Waals surface area contributed by atoms with E-state index < -0.39 is 0 Å². The Morgan fingerprint density at radius 2 is 1.79 bits per heavy atom. The van der Waals surface area contributed by atoms with E-state index >= 15 is 0 Å². The minimum absolute atomic E-state index is 0.0290. The first kappa shape index (κ1) is 13.5. The van der Waals surface area contributed by atoms with Crippen molar-refractivity contribution in [3.63, 3.8) is 0 Å². The van der Waals surface area contributed by atoms with Gasteiger partial charge in [-0.15, -0.1) is 11.3 Å². The van der Waals surface area contributed by atoms with Gasteiger partial charge in [0.15, 0.2) is 5.78 Å². The van der Waals surface area contributed by atoms with Gasteiger partial charge in [0.05, 0.1) is 4.88 Å². The van der Waals surface area contributed by atoms with Crippen LogP contribution in [-0.2, 0) is 4.79 Å². The highest BCUT2D eigenvalue weighted by molar-refractivity contribution is 7.14. The lowest BCUT2D eigenvalue weighted by Gasteiger charge is -2.03. The van der Waals surface area contributed by atoms with Gasteiger partial charge in [0.2, 0.25) is 5.91 Å². The van der Waals surface area contributed by atoms with Gasteiger partial charge in [-0.25, -0.2) is 0 Å². The summed E-state index contributed by atoms with van der Waals surface area (Å²) in [6.45, 7) is 1.96. The van der Waals surface area contributed by atoms with Crippen LogP contribution in [0.5, 0.6) is 0 Å². The van der Waals surface area contributed by atoms with Crippen molar-refractivity contribution in [2.24, 2.45) is 0 Å². The van der Waals surface area contributed by atoms with Crippen molar-refractivity contribution >= 4 is 28.7 Å². The van der Waals surface area contributed by atoms with Gasteiger partial charge in [-0.2, -0.15) is 0 Å². The van der Waals surface area contributed by atoms with E-state index in [0.717, 1.165) is 15.4 Å². The van der Waals surface area contributed by atoms with Gasteiger partial charge < -0.3 is 5.32 Å². The summed E-state index contributed by atoms with van der Waals surface area (Å²) >= 11 is 1.47. The summed E-state index contributed by atoms with van der Waals surface area (Å²) in [4.78, 5) is 25.4. The molecular weight excluding hydrogens is 258 g/mol. The number of thiophene rings is 1. The van der Waals surface area contributed by atoms with Crippen LogP contribution >= 0.6 is 11.3 Å². The maximum absolute atomic E-state index is 11.8. The molecule has 2 rings (SSSR count). The topological polar surface area (TPSA) is 46.2 Å². The summed E-state index contributed by atoms with van der Waals surface area (Å²) in [5, 5.41) is 2.77. The summed E-state index contributed by atoms with van der Waals surface area (Å²) in [6.07, 6.45) is 0.462. The van der Waals surface area contributed by atoms with Gasteiger partial charge in [-0.05, 0) is 31.2 Å². The minimum Gasteiger partial charge on any atom is -0.326 e. The van der Waals surface area contributed by atoms with Crippen molar-refractivity contribution in [1.82, 2.24) is 0 Å². The molecule has 3 nitrogen and oxygen atoms in total. The van der Waals surface area contributed by atoms with E-state index in [1.807, 2.05) is 49.4 Å². The molecule has 0 aliphatic carbocycles. The van der Waals surface area contributed by atoms with E-state index in [-0.39, 0.29) is 24.5 Å². The van der Waals surface area contributed by atoms with Crippen molar-refractivity contribution in [3.8, 4) is 0 Å². The van der Waals surface area contributed by atoms with E-state index in [9.17, 15) is 9.59 Å². The molecule has 1 aromatic carbocycles. The van der Waals surface area contributed by atoms with E-state index in [1.54, 1.807) is 0 Å². The SMILES string of the molecule is Cc1ccc(C(=O)CCC(=O)Nc2ccccc2)s1. The molecular formula is C15H15NO2S. The number of benzene rings is 1. The number of para-hydroxylation sites is 1. The van der Waals surface area contributed by atoms with E-state index in [1.165, 1.54) is 11.3 Å². The van der Waals surface area contributed by atoms with Gasteiger partial charge in [0.25, 0.3) is 0 Å². The Hall–Kier alpha value is -1.94. The van der Waals surface area contributed by atoms with E-state index in [2.05, 4.69) is 5.32 Å². The second-order valence-electron chi connectivity index (χ2n) is 4.25. The molecule has 1 heterocycles. The van der Waals surface area contributed by atoms with Crippen LogP contribution in [0.3, 0.4) is 0 Å². The smallest absolute Gasteiger partial charge is 0.224 e. The van der Waals surface area contributed by atoms with Gasteiger partial charge in [-0.3, -0.25) is 9.59 Å². The zero-order valence-corrected chi connectivity index (χ0v) is 11.5. The fourth-order valence-corrected chi connectivity index (χ4v) is 2.51. The molecule has 0 saturated carbocycles. The summed E-state index contributed by atoms with van der Waals surface area (Å²) in [6, 6.07) is 13.0. The Morgan fingerprint density at radius 3 is 2.42 bits per heavy atom. The Kier molecular flexibility index (Phi) is 4.47. The summed E-state index contributed by atoms with van der Waals surface area (Å²) in [5.74, 6) is -0.103. The molecule has 0 bridgehead atoms. The van der Waals surface area contributed by atoms with Crippen LogP contribution < -0.4 is 5.32 Å². The maximum Gasteiger partial charge on any atom is 0.224 e. The third-order valence-corrected chi connectivity index (χ3v) is 3.69. The second kappa shape index (κ2) is 6.29. The number of nitrogens with one attached hydrogen (secondary N) is 1. The van der Waals surface area contributed by atoms with E-state index in [4.69, 9.17) is 0 Å². The first-order valence-corrected chi connectivity index (χ1v) is 6.91. The minimum atomic E-state index is -0.132. The van der Waals surface area contributed by atoms with Crippen molar-refractivity contribution < 1.29 is 9.59 Å². The molecule has 4 heteroatoms. The molecule has 1 N–H and O–H groups in total. The summed E-state index contributed by atoms with van der Waals surface area (Å²) in [5.41, 5.74) is 0.756. The first-order valence-electron chi connectivity index (χ1n) is 6.09. The molecule has 0 unspecified atom stereocenters. The van der Waals surface area contributed by atoms with Gasteiger partial charge in [0, 0.05) is 23.4 Å². The van der Waals surface area contributed by atoms with Crippen molar-refractivity contribution in [3.05, 3.63) is 52.2 Å². The summed E-state index contributed by atoms with van der Waals surface area (Å²) < 4.78 is 0. The fourth-order valence-electron chi connectivity index (χ4n) is 1.68. The van der Waals surface area contributed by atoms with Gasteiger partial charge >= 0.3 is 0 Å². The number of anilines is 1. The maximum atomic E-state index is 11.8. The second-order valence-corrected chi connectivity index (χ2v) is 5.54. The molecule has 0 atom stereocenters. The molecule has 0 saturated heterocycles. The average Bonchev–Trinajstić information content (AvgIpc) is 2.84. The van der Waals surface area contributed by atoms with Crippen LogP contribution in [0, 0.1) is 6.92 Å². The number of hydrogen-bond acceptors (Lipinski definition) is 3. The lowest BCUT2D eigenvalue weighted by molar-refractivity contribution is -0.116. The Bertz CT molecular complexity index is 575. The predicted octanol–water partition coefficient (Wildman–Crippen LogP) is 3.66. The number of aryl methyl sites for hydroxylation is 1. The molecule has 98 valence electrons.